The lowest BCUT2D eigenvalue weighted by molar-refractivity contribution is -0.137. The Labute approximate surface area is 165 Å². The minimum Gasteiger partial charge on any atom is -0.355 e. The van der Waals surface area contributed by atoms with Crippen LogP contribution in [0.25, 0.3) is 11.0 Å². The Kier molecular flexibility index (Phi) is 4.74. The Bertz CT molecular complexity index is 1130. The van der Waals surface area contributed by atoms with E-state index in [4.69, 9.17) is 0 Å². The third-order valence-electron chi connectivity index (χ3n) is 5.16. The summed E-state index contributed by atoms with van der Waals surface area (Å²) in [5.74, 6) is 0.690. The van der Waals surface area contributed by atoms with E-state index in [2.05, 4.69) is 15.0 Å². The second-order valence-electron chi connectivity index (χ2n) is 6.88. The number of aromatic amines is 1. The van der Waals surface area contributed by atoms with Gasteiger partial charge in [0.25, 0.3) is 0 Å². The molecule has 1 atom stereocenters. The Morgan fingerprint density at radius 1 is 1.17 bits per heavy atom. The molecule has 1 N–H and O–H groups in total. The molecule has 0 aliphatic carbocycles. The van der Waals surface area contributed by atoms with E-state index in [0.29, 0.717) is 17.9 Å². The summed E-state index contributed by atoms with van der Waals surface area (Å²) < 4.78 is 65.2. The zero-order valence-corrected chi connectivity index (χ0v) is 16.2. The fourth-order valence-electron chi connectivity index (χ4n) is 3.52. The topological polar surface area (TPSA) is 82.2 Å². The van der Waals surface area contributed by atoms with Crippen LogP contribution in [-0.2, 0) is 16.2 Å². The summed E-state index contributed by atoms with van der Waals surface area (Å²) in [6.45, 7) is 0.496. The minimum absolute atomic E-state index is 0.118. The van der Waals surface area contributed by atoms with Gasteiger partial charge in [-0.1, -0.05) is 0 Å². The van der Waals surface area contributed by atoms with E-state index in [0.717, 1.165) is 29.7 Å². The summed E-state index contributed by atoms with van der Waals surface area (Å²) in [5, 5.41) is 0.832. The van der Waals surface area contributed by atoms with Crippen molar-refractivity contribution in [2.75, 3.05) is 25.0 Å². The van der Waals surface area contributed by atoms with E-state index >= 15 is 0 Å². The first-order chi connectivity index (χ1) is 13.7. The zero-order valence-electron chi connectivity index (χ0n) is 15.4. The maximum absolute atomic E-state index is 12.9. The number of halogens is 3. The van der Waals surface area contributed by atoms with Gasteiger partial charge in [0.15, 0.2) is 0 Å². The molecule has 3 heterocycles. The predicted molar refractivity (Wildman–Crippen MR) is 101 cm³/mol. The molecule has 0 saturated carbocycles. The van der Waals surface area contributed by atoms with E-state index in [1.807, 2.05) is 18.0 Å². The Morgan fingerprint density at radius 3 is 2.59 bits per heavy atom. The van der Waals surface area contributed by atoms with Gasteiger partial charge in [-0.3, -0.25) is 0 Å². The number of hydrogen-bond donors (Lipinski definition) is 1. The highest BCUT2D eigenvalue weighted by atomic mass is 32.2. The molecule has 0 amide bonds. The number of nitrogens with one attached hydrogen (secondary N) is 1. The third kappa shape index (κ3) is 3.55. The molecule has 1 aliphatic heterocycles. The summed E-state index contributed by atoms with van der Waals surface area (Å²) in [4.78, 5) is 13.2. The van der Waals surface area contributed by atoms with Crippen molar-refractivity contribution in [1.82, 2.24) is 19.3 Å². The largest absolute Gasteiger partial charge is 0.416 e. The molecule has 7 nitrogen and oxygen atoms in total. The number of sulfonamides is 1. The van der Waals surface area contributed by atoms with Crippen LogP contribution in [0.5, 0.6) is 0 Å². The van der Waals surface area contributed by atoms with Gasteiger partial charge >= 0.3 is 6.18 Å². The maximum atomic E-state index is 12.9. The summed E-state index contributed by atoms with van der Waals surface area (Å²) in [5.41, 5.74) is -0.191. The Hall–Kier alpha value is -2.66. The summed E-state index contributed by atoms with van der Waals surface area (Å²) >= 11 is 0. The Balaban J connectivity index is 1.53. The number of nitrogens with zero attached hydrogens (tertiary/aromatic N) is 4. The van der Waals surface area contributed by atoms with Gasteiger partial charge in [-0.05, 0) is 36.8 Å². The molecule has 4 rings (SSSR count). The SMILES string of the molecule is CN(c1ncnc2[nH]ccc12)[C@@H]1CCN(S(=O)(=O)c2ccc(C(F)(F)F)cc2)C1. The van der Waals surface area contributed by atoms with Gasteiger partial charge < -0.3 is 9.88 Å². The molecule has 1 aromatic carbocycles. The van der Waals surface area contributed by atoms with Crippen LogP contribution < -0.4 is 4.90 Å². The number of rotatable bonds is 4. The van der Waals surface area contributed by atoms with Crippen LogP contribution >= 0.6 is 0 Å². The van der Waals surface area contributed by atoms with Crippen molar-refractivity contribution >= 4 is 26.9 Å². The van der Waals surface area contributed by atoms with Crippen LogP contribution in [0.2, 0.25) is 0 Å². The standard InChI is InChI=1S/C18H18F3N5O2S/c1-25(17-15-6-8-22-16(15)23-11-24-17)13-7-9-26(10-13)29(27,28)14-4-2-12(3-5-14)18(19,20)21/h2-6,8,11,13H,7,9-10H2,1H3,(H,22,23,24)/t13-/m1/s1. The second kappa shape index (κ2) is 6.99. The van der Waals surface area contributed by atoms with Crippen molar-refractivity contribution in [3.8, 4) is 0 Å². The molecule has 2 aromatic heterocycles. The van der Waals surface area contributed by atoms with Crippen LogP contribution in [0.15, 0.2) is 47.8 Å². The molecular formula is C18H18F3N5O2S. The number of benzene rings is 1. The van der Waals surface area contributed by atoms with Crippen molar-refractivity contribution in [3.63, 3.8) is 0 Å². The van der Waals surface area contributed by atoms with Crippen molar-refractivity contribution in [1.29, 1.82) is 0 Å². The van der Waals surface area contributed by atoms with Crippen LogP contribution in [0, 0.1) is 0 Å². The summed E-state index contributed by atoms with van der Waals surface area (Å²) in [7, 11) is -2.04. The normalized spacial score (nSPS) is 18.4. The summed E-state index contributed by atoms with van der Waals surface area (Å²) in [6, 6.07) is 5.32. The molecule has 29 heavy (non-hydrogen) atoms. The molecule has 1 fully saturated rings. The van der Waals surface area contributed by atoms with Crippen LogP contribution in [0.3, 0.4) is 0 Å². The average Bonchev–Trinajstić information content (AvgIpc) is 3.36. The van der Waals surface area contributed by atoms with Gasteiger partial charge in [0.1, 0.15) is 17.8 Å². The van der Waals surface area contributed by atoms with E-state index in [-0.39, 0.29) is 24.0 Å². The van der Waals surface area contributed by atoms with Gasteiger partial charge in [-0.25, -0.2) is 18.4 Å². The number of anilines is 1. The van der Waals surface area contributed by atoms with Crippen LogP contribution in [-0.4, -0.2) is 53.9 Å². The predicted octanol–water partition coefficient (Wildman–Crippen LogP) is 2.88. The summed E-state index contributed by atoms with van der Waals surface area (Å²) in [6.07, 6.45) is -0.736. The molecule has 0 unspecified atom stereocenters. The highest BCUT2D eigenvalue weighted by Gasteiger charge is 2.36. The van der Waals surface area contributed by atoms with Gasteiger partial charge in [-0.2, -0.15) is 17.5 Å². The Morgan fingerprint density at radius 2 is 1.90 bits per heavy atom. The van der Waals surface area contributed by atoms with Gasteiger partial charge in [0.2, 0.25) is 10.0 Å². The van der Waals surface area contributed by atoms with E-state index in [1.54, 1.807) is 6.20 Å². The molecule has 1 saturated heterocycles. The van der Waals surface area contributed by atoms with Gasteiger partial charge in [0, 0.05) is 32.4 Å². The first-order valence-corrected chi connectivity index (χ1v) is 10.3. The number of hydrogen-bond acceptors (Lipinski definition) is 5. The lowest BCUT2D eigenvalue weighted by Gasteiger charge is -2.26. The van der Waals surface area contributed by atoms with Crippen LogP contribution in [0.4, 0.5) is 19.0 Å². The first-order valence-electron chi connectivity index (χ1n) is 8.86. The number of H-pyrrole nitrogens is 1. The molecule has 11 heteroatoms. The zero-order chi connectivity index (χ0) is 20.8. The van der Waals surface area contributed by atoms with Crippen molar-refractivity contribution in [2.45, 2.75) is 23.5 Å². The van der Waals surface area contributed by atoms with Gasteiger partial charge in [0.05, 0.1) is 15.8 Å². The number of fused-ring (bicyclic) bond motifs is 1. The second-order valence-corrected chi connectivity index (χ2v) is 8.81. The molecule has 0 bridgehead atoms. The van der Waals surface area contributed by atoms with E-state index in [1.165, 1.54) is 10.6 Å². The van der Waals surface area contributed by atoms with Crippen LogP contribution in [0.1, 0.15) is 12.0 Å². The molecule has 1 aliphatic rings. The van der Waals surface area contributed by atoms with E-state index in [9.17, 15) is 21.6 Å². The van der Waals surface area contributed by atoms with Gasteiger partial charge in [-0.15, -0.1) is 0 Å². The molecule has 0 radical (unpaired) electrons. The molecule has 154 valence electrons. The number of alkyl halides is 3. The number of likely N-dealkylation sites (N-methyl/N-ethyl adjacent to an activating group) is 1. The average molecular weight is 425 g/mol. The smallest absolute Gasteiger partial charge is 0.355 e. The highest BCUT2D eigenvalue weighted by molar-refractivity contribution is 7.89. The van der Waals surface area contributed by atoms with Crippen molar-refractivity contribution in [2.24, 2.45) is 0 Å². The molecular weight excluding hydrogens is 407 g/mol. The fraction of sp³-hybridized carbons (Fsp3) is 0.333. The fourth-order valence-corrected chi connectivity index (χ4v) is 5.01. The minimum atomic E-state index is -4.51. The maximum Gasteiger partial charge on any atom is 0.416 e. The molecule has 0 spiro atoms. The van der Waals surface area contributed by atoms with E-state index < -0.39 is 21.8 Å². The quantitative estimate of drug-likeness (QED) is 0.695. The first kappa shape index (κ1) is 19.6. The molecule has 3 aromatic rings. The van der Waals surface area contributed by atoms with Crippen molar-refractivity contribution in [3.05, 3.63) is 48.4 Å². The monoisotopic (exact) mass is 425 g/mol. The highest BCUT2D eigenvalue weighted by Crippen LogP contribution is 2.32. The van der Waals surface area contributed by atoms with Crippen molar-refractivity contribution < 1.29 is 21.6 Å². The number of aromatic nitrogens is 3. The lowest BCUT2D eigenvalue weighted by Crippen LogP contribution is -2.37. The lowest BCUT2D eigenvalue weighted by atomic mass is 10.2. The third-order valence-corrected chi connectivity index (χ3v) is 7.04.